The van der Waals surface area contributed by atoms with Gasteiger partial charge < -0.3 is 11.1 Å². The lowest BCUT2D eigenvalue weighted by atomic mass is 9.99. The van der Waals surface area contributed by atoms with Crippen LogP contribution < -0.4 is 11.1 Å². The fourth-order valence-corrected chi connectivity index (χ4v) is 2.11. The average molecular weight is 262 g/mol. The second kappa shape index (κ2) is 8.70. The molecule has 0 heterocycles. The Kier molecular flexibility index (Phi) is 7.19. The average Bonchev–Trinajstić information content (AvgIpc) is 2.47. The lowest BCUT2D eigenvalue weighted by Gasteiger charge is -2.17. The number of carbonyl (C=O) groups excluding carboxylic acids is 1. The standard InChI is InChI=1S/C16H26N2O/c1-3-5-9-13(4-2)12-18-16(19)15(17)14-10-7-6-8-11-14/h6-8,10-11,13,15H,3-5,9,12,17H2,1-2H3,(H,18,19). The van der Waals surface area contributed by atoms with Crippen molar-refractivity contribution in [3.63, 3.8) is 0 Å². The van der Waals surface area contributed by atoms with Crippen LogP contribution >= 0.6 is 0 Å². The van der Waals surface area contributed by atoms with Crippen molar-refractivity contribution in [2.75, 3.05) is 6.54 Å². The summed E-state index contributed by atoms with van der Waals surface area (Å²) in [5.41, 5.74) is 6.82. The van der Waals surface area contributed by atoms with E-state index in [4.69, 9.17) is 5.73 Å². The first-order valence-corrected chi connectivity index (χ1v) is 7.27. The van der Waals surface area contributed by atoms with Crippen LogP contribution in [-0.2, 0) is 4.79 Å². The highest BCUT2D eigenvalue weighted by atomic mass is 16.2. The zero-order chi connectivity index (χ0) is 14.1. The molecule has 1 aromatic carbocycles. The number of nitrogens with one attached hydrogen (secondary N) is 1. The van der Waals surface area contributed by atoms with E-state index in [0.29, 0.717) is 5.92 Å². The van der Waals surface area contributed by atoms with Crippen LogP contribution in [0.5, 0.6) is 0 Å². The Morgan fingerprint density at radius 2 is 1.95 bits per heavy atom. The molecular weight excluding hydrogens is 236 g/mol. The number of hydrogen-bond donors (Lipinski definition) is 2. The highest BCUT2D eigenvalue weighted by Crippen LogP contribution is 2.13. The molecular formula is C16H26N2O. The van der Waals surface area contributed by atoms with Crippen molar-refractivity contribution in [2.24, 2.45) is 11.7 Å². The zero-order valence-electron chi connectivity index (χ0n) is 12.1. The minimum Gasteiger partial charge on any atom is -0.354 e. The largest absolute Gasteiger partial charge is 0.354 e. The normalized spacial score (nSPS) is 13.8. The number of unbranched alkanes of at least 4 members (excludes halogenated alkanes) is 1. The fourth-order valence-electron chi connectivity index (χ4n) is 2.11. The molecule has 0 saturated carbocycles. The molecule has 3 nitrogen and oxygen atoms in total. The molecule has 0 aliphatic heterocycles. The van der Waals surface area contributed by atoms with Gasteiger partial charge in [-0.15, -0.1) is 0 Å². The lowest BCUT2D eigenvalue weighted by Crippen LogP contribution is -2.36. The number of carbonyl (C=O) groups is 1. The predicted octanol–water partition coefficient (Wildman–Crippen LogP) is 3.02. The molecule has 3 N–H and O–H groups in total. The van der Waals surface area contributed by atoms with Crippen molar-refractivity contribution in [1.82, 2.24) is 5.32 Å². The zero-order valence-corrected chi connectivity index (χ0v) is 12.1. The van der Waals surface area contributed by atoms with Gasteiger partial charge in [0.2, 0.25) is 5.91 Å². The second-order valence-electron chi connectivity index (χ2n) is 5.05. The first kappa shape index (κ1) is 15.7. The molecule has 0 fully saturated rings. The molecule has 0 saturated heterocycles. The molecule has 0 bridgehead atoms. The smallest absolute Gasteiger partial charge is 0.241 e. The lowest BCUT2D eigenvalue weighted by molar-refractivity contribution is -0.122. The van der Waals surface area contributed by atoms with Gasteiger partial charge in [0.1, 0.15) is 6.04 Å². The summed E-state index contributed by atoms with van der Waals surface area (Å²) < 4.78 is 0. The molecule has 19 heavy (non-hydrogen) atoms. The minimum absolute atomic E-state index is 0.0823. The highest BCUT2D eigenvalue weighted by molar-refractivity contribution is 5.82. The van der Waals surface area contributed by atoms with Crippen LogP contribution in [0.1, 0.15) is 51.1 Å². The Morgan fingerprint density at radius 1 is 1.26 bits per heavy atom. The molecule has 3 heteroatoms. The van der Waals surface area contributed by atoms with Gasteiger partial charge in [0.25, 0.3) is 0 Å². The molecule has 0 aliphatic carbocycles. The van der Waals surface area contributed by atoms with E-state index in [0.717, 1.165) is 18.5 Å². The van der Waals surface area contributed by atoms with Crippen molar-refractivity contribution in [3.05, 3.63) is 35.9 Å². The van der Waals surface area contributed by atoms with Crippen LogP contribution in [0.3, 0.4) is 0 Å². The maximum Gasteiger partial charge on any atom is 0.241 e. The summed E-state index contributed by atoms with van der Waals surface area (Å²) in [6, 6.07) is 8.94. The third-order valence-electron chi connectivity index (χ3n) is 3.55. The van der Waals surface area contributed by atoms with E-state index in [9.17, 15) is 4.79 Å². The van der Waals surface area contributed by atoms with Crippen LogP contribution in [0.25, 0.3) is 0 Å². The van der Waals surface area contributed by atoms with Crippen LogP contribution in [-0.4, -0.2) is 12.5 Å². The monoisotopic (exact) mass is 262 g/mol. The molecule has 106 valence electrons. The quantitative estimate of drug-likeness (QED) is 0.756. The molecule has 0 aromatic heterocycles. The number of rotatable bonds is 8. The summed E-state index contributed by atoms with van der Waals surface area (Å²) in [7, 11) is 0. The highest BCUT2D eigenvalue weighted by Gasteiger charge is 2.16. The molecule has 2 atom stereocenters. The molecule has 1 amide bonds. The summed E-state index contributed by atoms with van der Waals surface area (Å²) in [4.78, 5) is 12.0. The summed E-state index contributed by atoms with van der Waals surface area (Å²) >= 11 is 0. The first-order valence-electron chi connectivity index (χ1n) is 7.27. The van der Waals surface area contributed by atoms with Gasteiger partial charge in [-0.05, 0) is 17.9 Å². The third kappa shape index (κ3) is 5.43. The van der Waals surface area contributed by atoms with E-state index < -0.39 is 6.04 Å². The summed E-state index contributed by atoms with van der Waals surface area (Å²) in [5.74, 6) is 0.480. The Hall–Kier alpha value is -1.35. The van der Waals surface area contributed by atoms with Gasteiger partial charge in [-0.3, -0.25) is 4.79 Å². The van der Waals surface area contributed by atoms with Crippen LogP contribution in [0.15, 0.2) is 30.3 Å². The molecule has 0 radical (unpaired) electrons. The van der Waals surface area contributed by atoms with Gasteiger partial charge in [0, 0.05) is 6.54 Å². The Balaban J connectivity index is 2.42. The molecule has 1 rings (SSSR count). The second-order valence-corrected chi connectivity index (χ2v) is 5.05. The van der Waals surface area contributed by atoms with Crippen molar-refractivity contribution in [1.29, 1.82) is 0 Å². The SMILES string of the molecule is CCCCC(CC)CNC(=O)C(N)c1ccccc1. The number of hydrogen-bond acceptors (Lipinski definition) is 2. The van der Waals surface area contributed by atoms with E-state index in [2.05, 4.69) is 19.2 Å². The topological polar surface area (TPSA) is 55.1 Å². The molecule has 2 unspecified atom stereocenters. The fraction of sp³-hybridized carbons (Fsp3) is 0.562. The summed E-state index contributed by atoms with van der Waals surface area (Å²) in [6.07, 6.45) is 4.70. The van der Waals surface area contributed by atoms with Crippen LogP contribution in [0, 0.1) is 5.92 Å². The van der Waals surface area contributed by atoms with Crippen molar-refractivity contribution in [3.8, 4) is 0 Å². The maximum atomic E-state index is 12.0. The van der Waals surface area contributed by atoms with Gasteiger partial charge in [-0.1, -0.05) is 63.4 Å². The van der Waals surface area contributed by atoms with Crippen molar-refractivity contribution < 1.29 is 4.79 Å². The summed E-state index contributed by atoms with van der Waals surface area (Å²) in [5, 5.41) is 2.98. The van der Waals surface area contributed by atoms with E-state index in [1.165, 1.54) is 19.3 Å². The first-order chi connectivity index (χ1) is 9.19. The van der Waals surface area contributed by atoms with Gasteiger partial charge in [0.05, 0.1) is 0 Å². The predicted molar refractivity (Wildman–Crippen MR) is 79.7 cm³/mol. The van der Waals surface area contributed by atoms with E-state index >= 15 is 0 Å². The molecule has 0 aliphatic rings. The van der Waals surface area contributed by atoms with E-state index in [1.807, 2.05) is 30.3 Å². The molecule has 0 spiro atoms. The number of amides is 1. The summed E-state index contributed by atoms with van der Waals surface area (Å²) in [6.45, 7) is 5.09. The van der Waals surface area contributed by atoms with Gasteiger partial charge in [0.15, 0.2) is 0 Å². The third-order valence-corrected chi connectivity index (χ3v) is 3.55. The Morgan fingerprint density at radius 3 is 2.53 bits per heavy atom. The maximum absolute atomic E-state index is 12.0. The van der Waals surface area contributed by atoms with Crippen LogP contribution in [0.4, 0.5) is 0 Å². The van der Waals surface area contributed by atoms with Gasteiger partial charge in [-0.2, -0.15) is 0 Å². The molecule has 1 aromatic rings. The Labute approximate surface area is 116 Å². The number of nitrogens with two attached hydrogens (primary N) is 1. The van der Waals surface area contributed by atoms with Crippen molar-refractivity contribution >= 4 is 5.91 Å². The van der Waals surface area contributed by atoms with Gasteiger partial charge in [-0.25, -0.2) is 0 Å². The van der Waals surface area contributed by atoms with Crippen LogP contribution in [0.2, 0.25) is 0 Å². The van der Waals surface area contributed by atoms with Crippen molar-refractivity contribution in [2.45, 2.75) is 45.6 Å². The van der Waals surface area contributed by atoms with Gasteiger partial charge >= 0.3 is 0 Å². The minimum atomic E-state index is -0.565. The van der Waals surface area contributed by atoms with E-state index in [-0.39, 0.29) is 5.91 Å². The Bertz CT molecular complexity index is 364. The number of benzene rings is 1. The van der Waals surface area contributed by atoms with E-state index in [1.54, 1.807) is 0 Å².